The second-order valence-corrected chi connectivity index (χ2v) is 5.84. The number of likely N-dealkylation sites (tertiary alicyclic amines) is 1. The Balaban J connectivity index is 2.17. The van der Waals surface area contributed by atoms with Gasteiger partial charge in [-0.2, -0.15) is 0 Å². The van der Waals surface area contributed by atoms with E-state index in [2.05, 4.69) is 0 Å². The first-order valence-electron chi connectivity index (χ1n) is 7.30. The van der Waals surface area contributed by atoms with Crippen molar-refractivity contribution in [3.05, 3.63) is 23.5 Å². The zero-order chi connectivity index (χ0) is 15.6. The van der Waals surface area contributed by atoms with Gasteiger partial charge in [-0.15, -0.1) is 0 Å². The van der Waals surface area contributed by atoms with Crippen molar-refractivity contribution in [2.24, 2.45) is 12.8 Å². The molecule has 1 aromatic heterocycles. The van der Waals surface area contributed by atoms with Crippen molar-refractivity contribution in [2.45, 2.75) is 38.2 Å². The molecule has 6 heteroatoms. The number of aromatic nitrogens is 1. The number of carbonyl (C=O) groups is 2. The molecule has 1 aliphatic heterocycles. The van der Waals surface area contributed by atoms with E-state index in [1.807, 2.05) is 30.8 Å². The molecule has 2 amide bonds. The highest BCUT2D eigenvalue weighted by Crippen LogP contribution is 2.26. The molecule has 116 valence electrons. The number of hydrogen-bond acceptors (Lipinski definition) is 3. The van der Waals surface area contributed by atoms with E-state index in [1.54, 1.807) is 4.90 Å². The molecule has 1 atom stereocenters. The molecule has 1 unspecified atom stereocenters. The summed E-state index contributed by atoms with van der Waals surface area (Å²) in [7, 11) is 1.91. The van der Waals surface area contributed by atoms with E-state index in [-0.39, 0.29) is 18.9 Å². The summed E-state index contributed by atoms with van der Waals surface area (Å²) in [4.78, 5) is 25.4. The average molecular weight is 293 g/mol. The number of β-amino-alcohol motifs (C(OH)–C–C–N with tert-alkyl or cyclic N) is 1. The van der Waals surface area contributed by atoms with E-state index in [1.165, 1.54) is 0 Å². The van der Waals surface area contributed by atoms with E-state index in [9.17, 15) is 14.7 Å². The minimum Gasteiger partial charge on any atom is -0.388 e. The molecule has 1 aromatic rings. The predicted octanol–water partition coefficient (Wildman–Crippen LogP) is 0.430. The minimum atomic E-state index is -1.19. The third-order valence-corrected chi connectivity index (χ3v) is 4.11. The van der Waals surface area contributed by atoms with Crippen molar-refractivity contribution in [1.29, 1.82) is 0 Å². The summed E-state index contributed by atoms with van der Waals surface area (Å²) >= 11 is 0. The Labute approximate surface area is 124 Å². The van der Waals surface area contributed by atoms with Crippen LogP contribution in [0.2, 0.25) is 0 Å². The van der Waals surface area contributed by atoms with Gasteiger partial charge in [0.15, 0.2) is 0 Å². The molecule has 0 aliphatic carbocycles. The van der Waals surface area contributed by atoms with Crippen molar-refractivity contribution in [1.82, 2.24) is 9.47 Å². The number of primary amides is 1. The molecule has 1 aliphatic rings. The summed E-state index contributed by atoms with van der Waals surface area (Å²) in [5, 5.41) is 10.4. The molecule has 21 heavy (non-hydrogen) atoms. The van der Waals surface area contributed by atoms with Crippen molar-refractivity contribution in [2.75, 3.05) is 13.1 Å². The molecule has 2 heterocycles. The van der Waals surface area contributed by atoms with Gasteiger partial charge in [0.1, 0.15) is 0 Å². The fourth-order valence-electron chi connectivity index (χ4n) is 3.12. The Hall–Kier alpha value is -1.82. The summed E-state index contributed by atoms with van der Waals surface area (Å²) in [5.41, 5.74) is 5.64. The first-order chi connectivity index (χ1) is 9.86. The van der Waals surface area contributed by atoms with Crippen LogP contribution in [0.1, 0.15) is 42.2 Å². The first-order valence-corrected chi connectivity index (χ1v) is 7.30. The second kappa shape index (κ2) is 5.89. The average Bonchev–Trinajstić information content (AvgIpc) is 2.77. The van der Waals surface area contributed by atoms with E-state index >= 15 is 0 Å². The van der Waals surface area contributed by atoms with Gasteiger partial charge in [0.2, 0.25) is 5.91 Å². The Kier molecular flexibility index (Phi) is 4.37. The topological polar surface area (TPSA) is 88.6 Å². The van der Waals surface area contributed by atoms with Gasteiger partial charge in [0, 0.05) is 25.5 Å². The summed E-state index contributed by atoms with van der Waals surface area (Å²) in [6, 6.07) is 1.81. The number of aryl methyl sites for hydroxylation is 1. The zero-order valence-electron chi connectivity index (χ0n) is 12.6. The summed E-state index contributed by atoms with van der Waals surface area (Å²) < 4.78 is 1.94. The standard InChI is InChI=1S/C15H23N3O3/c1-3-12-11(5-8-17(12)2)14(20)18-7-4-6-15(21,10-18)9-13(16)19/h5,8,21H,3-4,6-7,9-10H2,1-2H3,(H2,16,19). The number of carbonyl (C=O) groups excluding carboxylic acids is 2. The lowest BCUT2D eigenvalue weighted by Gasteiger charge is -2.38. The summed E-state index contributed by atoms with van der Waals surface area (Å²) in [6.45, 7) is 2.76. The highest BCUT2D eigenvalue weighted by Gasteiger charge is 2.37. The smallest absolute Gasteiger partial charge is 0.255 e. The highest BCUT2D eigenvalue weighted by molar-refractivity contribution is 5.95. The number of amides is 2. The molecule has 0 saturated carbocycles. The highest BCUT2D eigenvalue weighted by atomic mass is 16.3. The van der Waals surface area contributed by atoms with Crippen molar-refractivity contribution in [3.8, 4) is 0 Å². The Morgan fingerprint density at radius 3 is 2.81 bits per heavy atom. The maximum absolute atomic E-state index is 12.7. The van der Waals surface area contributed by atoms with Crippen LogP contribution in [-0.2, 0) is 18.3 Å². The van der Waals surface area contributed by atoms with Gasteiger partial charge in [-0.05, 0) is 25.3 Å². The molecule has 0 bridgehead atoms. The summed E-state index contributed by atoms with van der Waals surface area (Å²) in [6.07, 6.45) is 3.70. The van der Waals surface area contributed by atoms with Gasteiger partial charge in [-0.25, -0.2) is 0 Å². The van der Waals surface area contributed by atoms with Crippen LogP contribution in [0, 0.1) is 0 Å². The lowest BCUT2D eigenvalue weighted by atomic mass is 9.89. The number of aliphatic hydroxyl groups is 1. The number of nitrogens with zero attached hydrogens (tertiary/aromatic N) is 2. The van der Waals surface area contributed by atoms with Crippen LogP contribution < -0.4 is 5.73 Å². The van der Waals surface area contributed by atoms with Crippen LogP contribution in [0.25, 0.3) is 0 Å². The zero-order valence-corrected chi connectivity index (χ0v) is 12.6. The maximum atomic E-state index is 12.7. The number of rotatable bonds is 4. The molecular weight excluding hydrogens is 270 g/mol. The summed E-state index contributed by atoms with van der Waals surface area (Å²) in [5.74, 6) is -0.629. The predicted molar refractivity (Wildman–Crippen MR) is 78.7 cm³/mol. The van der Waals surface area contributed by atoms with Crippen LogP contribution in [0.5, 0.6) is 0 Å². The molecule has 1 saturated heterocycles. The number of nitrogens with two attached hydrogens (primary N) is 1. The fourth-order valence-corrected chi connectivity index (χ4v) is 3.12. The van der Waals surface area contributed by atoms with Crippen molar-refractivity contribution < 1.29 is 14.7 Å². The third kappa shape index (κ3) is 3.26. The molecule has 3 N–H and O–H groups in total. The van der Waals surface area contributed by atoms with Gasteiger partial charge < -0.3 is 20.3 Å². The molecule has 2 rings (SSSR count). The Bertz CT molecular complexity index is 552. The molecule has 6 nitrogen and oxygen atoms in total. The van der Waals surface area contributed by atoms with Crippen molar-refractivity contribution in [3.63, 3.8) is 0 Å². The quantitative estimate of drug-likeness (QED) is 0.843. The number of hydrogen-bond donors (Lipinski definition) is 2. The van der Waals surface area contributed by atoms with Gasteiger partial charge in [-0.1, -0.05) is 6.92 Å². The maximum Gasteiger partial charge on any atom is 0.255 e. The van der Waals surface area contributed by atoms with Gasteiger partial charge in [0.05, 0.1) is 24.1 Å². The molecule has 1 fully saturated rings. The van der Waals surface area contributed by atoms with E-state index in [0.29, 0.717) is 24.9 Å². The number of piperidine rings is 1. The first kappa shape index (κ1) is 15.6. The molecule has 0 spiro atoms. The Morgan fingerprint density at radius 1 is 1.48 bits per heavy atom. The van der Waals surface area contributed by atoms with Gasteiger partial charge in [-0.3, -0.25) is 9.59 Å². The molecular formula is C15H23N3O3. The van der Waals surface area contributed by atoms with Gasteiger partial charge in [0.25, 0.3) is 5.91 Å². The molecule has 0 radical (unpaired) electrons. The SMILES string of the molecule is CCc1c(C(=O)N2CCCC(O)(CC(N)=O)C2)ccn1C. The largest absolute Gasteiger partial charge is 0.388 e. The third-order valence-electron chi connectivity index (χ3n) is 4.11. The lowest BCUT2D eigenvalue weighted by molar-refractivity contribution is -0.125. The Morgan fingerprint density at radius 2 is 2.19 bits per heavy atom. The molecule has 0 aromatic carbocycles. The second-order valence-electron chi connectivity index (χ2n) is 5.84. The monoisotopic (exact) mass is 293 g/mol. The van der Waals surface area contributed by atoms with Crippen LogP contribution in [-0.4, -0.2) is 45.1 Å². The van der Waals surface area contributed by atoms with Crippen LogP contribution >= 0.6 is 0 Å². The van der Waals surface area contributed by atoms with Crippen LogP contribution in [0.3, 0.4) is 0 Å². The normalized spacial score (nSPS) is 22.3. The van der Waals surface area contributed by atoms with Crippen LogP contribution in [0.15, 0.2) is 12.3 Å². The van der Waals surface area contributed by atoms with Crippen LogP contribution in [0.4, 0.5) is 0 Å². The van der Waals surface area contributed by atoms with Gasteiger partial charge >= 0.3 is 0 Å². The lowest BCUT2D eigenvalue weighted by Crippen LogP contribution is -2.52. The van der Waals surface area contributed by atoms with E-state index in [4.69, 9.17) is 5.73 Å². The minimum absolute atomic E-state index is 0.0879. The van der Waals surface area contributed by atoms with E-state index < -0.39 is 11.5 Å². The van der Waals surface area contributed by atoms with E-state index in [0.717, 1.165) is 12.1 Å². The van der Waals surface area contributed by atoms with Crippen molar-refractivity contribution >= 4 is 11.8 Å². The fraction of sp³-hybridized carbons (Fsp3) is 0.600.